The third kappa shape index (κ3) is 5.36. The average molecular weight is 419 g/mol. The summed E-state index contributed by atoms with van der Waals surface area (Å²) in [5.74, 6) is -1.38. The van der Waals surface area contributed by atoms with E-state index in [2.05, 4.69) is 15.9 Å². The van der Waals surface area contributed by atoms with E-state index < -0.39 is 11.8 Å². The zero-order chi connectivity index (χ0) is 19.1. The number of aryl methyl sites for hydroxylation is 2. The average Bonchev–Trinajstić information content (AvgIpc) is 2.66. The van der Waals surface area contributed by atoms with E-state index in [1.165, 1.54) is 12.1 Å². The minimum absolute atomic E-state index is 0.243. The number of carbonyl (C=O) groups is 2. The maximum Gasteiger partial charge on any atom is 0.331 e. The number of hydrogen-bond acceptors (Lipinski definition) is 3. The molecular weight excluding hydrogens is 399 g/mol. The fraction of sp³-hybridized carbons (Fsp3) is 0.238. The van der Waals surface area contributed by atoms with Gasteiger partial charge in [0.25, 0.3) is 0 Å². The number of hydrogen-bond donors (Lipinski definition) is 0. The van der Waals surface area contributed by atoms with Gasteiger partial charge in [-0.3, -0.25) is 4.79 Å². The molecule has 0 radical (unpaired) electrons. The summed E-state index contributed by atoms with van der Waals surface area (Å²) in [7, 11) is 0. The van der Waals surface area contributed by atoms with E-state index in [4.69, 9.17) is 4.74 Å². The highest BCUT2D eigenvalue weighted by Crippen LogP contribution is 2.17. The number of ketones is 1. The highest BCUT2D eigenvalue weighted by Gasteiger charge is 2.13. The van der Waals surface area contributed by atoms with Crippen molar-refractivity contribution in [3.05, 3.63) is 75.0 Å². The van der Waals surface area contributed by atoms with Crippen LogP contribution in [0.3, 0.4) is 0 Å². The zero-order valence-electron chi connectivity index (χ0n) is 14.7. The van der Waals surface area contributed by atoms with Gasteiger partial charge < -0.3 is 4.74 Å². The molecule has 0 amide bonds. The Balaban J connectivity index is 2.02. The third-order valence-corrected chi connectivity index (χ3v) is 4.46. The standard InChI is InChI=1S/C21H20BrFO3/c1-3-14-5-6-15(4-2)18(11-14)20(24)13-26-21(25)10-7-16-12-17(22)8-9-19(16)23/h5-12H,3-4,13H2,1-2H3/b10-7+. The Hall–Kier alpha value is -2.27. The summed E-state index contributed by atoms with van der Waals surface area (Å²) in [4.78, 5) is 24.2. The highest BCUT2D eigenvalue weighted by molar-refractivity contribution is 9.10. The van der Waals surface area contributed by atoms with Crippen molar-refractivity contribution < 1.29 is 18.7 Å². The van der Waals surface area contributed by atoms with Crippen LogP contribution in [0.4, 0.5) is 4.39 Å². The lowest BCUT2D eigenvalue weighted by atomic mass is 9.98. The van der Waals surface area contributed by atoms with Gasteiger partial charge in [0.2, 0.25) is 5.78 Å². The summed E-state index contributed by atoms with van der Waals surface area (Å²) >= 11 is 3.24. The number of Topliss-reactive ketones (excluding diaryl/α,β-unsaturated/α-hetero) is 1. The molecule has 3 nitrogen and oxygen atoms in total. The molecule has 0 saturated heterocycles. The van der Waals surface area contributed by atoms with Crippen LogP contribution in [0.25, 0.3) is 6.08 Å². The monoisotopic (exact) mass is 418 g/mol. The Morgan fingerprint density at radius 3 is 2.58 bits per heavy atom. The summed E-state index contributed by atoms with van der Waals surface area (Å²) in [5.41, 5.74) is 2.82. The van der Waals surface area contributed by atoms with Gasteiger partial charge in [-0.05, 0) is 54.3 Å². The van der Waals surface area contributed by atoms with Gasteiger partial charge in [-0.15, -0.1) is 0 Å². The largest absolute Gasteiger partial charge is 0.454 e. The van der Waals surface area contributed by atoms with Crippen molar-refractivity contribution in [1.82, 2.24) is 0 Å². The molecule has 136 valence electrons. The summed E-state index contributed by atoms with van der Waals surface area (Å²) in [6, 6.07) is 10.2. The van der Waals surface area contributed by atoms with Gasteiger partial charge in [0.15, 0.2) is 6.61 Å². The summed E-state index contributed by atoms with van der Waals surface area (Å²) < 4.78 is 19.3. The molecule has 0 atom stereocenters. The van der Waals surface area contributed by atoms with Crippen LogP contribution in [0.5, 0.6) is 0 Å². The van der Waals surface area contributed by atoms with Crippen molar-refractivity contribution in [1.29, 1.82) is 0 Å². The minimum Gasteiger partial charge on any atom is -0.454 e. The van der Waals surface area contributed by atoms with Gasteiger partial charge in [-0.1, -0.05) is 41.9 Å². The van der Waals surface area contributed by atoms with Crippen LogP contribution in [0.2, 0.25) is 0 Å². The molecule has 0 aliphatic rings. The lowest BCUT2D eigenvalue weighted by Gasteiger charge is -2.09. The molecule has 5 heteroatoms. The van der Waals surface area contributed by atoms with Crippen LogP contribution in [-0.2, 0) is 22.4 Å². The van der Waals surface area contributed by atoms with Crippen molar-refractivity contribution in [2.24, 2.45) is 0 Å². The SMILES string of the molecule is CCc1ccc(CC)c(C(=O)COC(=O)/C=C/c2cc(Br)ccc2F)c1. The quantitative estimate of drug-likeness (QED) is 0.354. The maximum atomic E-state index is 13.6. The van der Waals surface area contributed by atoms with Crippen molar-refractivity contribution in [2.75, 3.05) is 6.61 Å². The number of rotatable bonds is 7. The summed E-state index contributed by atoms with van der Waals surface area (Å²) in [5, 5.41) is 0. The molecule has 0 aliphatic carbocycles. The third-order valence-electron chi connectivity index (χ3n) is 3.97. The fourth-order valence-corrected chi connectivity index (χ4v) is 2.85. The molecule has 0 spiro atoms. The second-order valence-corrected chi connectivity index (χ2v) is 6.64. The lowest BCUT2D eigenvalue weighted by molar-refractivity contribution is -0.136. The van der Waals surface area contributed by atoms with Crippen molar-refractivity contribution in [2.45, 2.75) is 26.7 Å². The first-order chi connectivity index (χ1) is 12.4. The molecule has 2 aromatic carbocycles. The number of ether oxygens (including phenoxy) is 1. The van der Waals surface area contributed by atoms with Crippen LogP contribution in [0, 0.1) is 5.82 Å². The van der Waals surface area contributed by atoms with Crippen molar-refractivity contribution >= 4 is 33.8 Å². The first kappa shape index (κ1) is 20.0. The van der Waals surface area contributed by atoms with E-state index in [1.807, 2.05) is 32.0 Å². The van der Waals surface area contributed by atoms with E-state index in [1.54, 1.807) is 12.1 Å². The van der Waals surface area contributed by atoms with Gasteiger partial charge in [0, 0.05) is 21.7 Å². The van der Waals surface area contributed by atoms with Crippen molar-refractivity contribution in [3.8, 4) is 0 Å². The highest BCUT2D eigenvalue weighted by atomic mass is 79.9. The van der Waals surface area contributed by atoms with Gasteiger partial charge in [0.1, 0.15) is 5.82 Å². The molecule has 0 bridgehead atoms. The predicted octanol–water partition coefficient (Wildman–Crippen LogP) is 5.15. The summed E-state index contributed by atoms with van der Waals surface area (Å²) in [6.45, 7) is 3.64. The van der Waals surface area contributed by atoms with Crippen LogP contribution in [0.15, 0.2) is 46.9 Å². The molecule has 0 heterocycles. The molecule has 0 aliphatic heterocycles. The Morgan fingerprint density at radius 1 is 1.12 bits per heavy atom. The number of carbonyl (C=O) groups excluding carboxylic acids is 2. The molecule has 0 unspecified atom stereocenters. The van der Waals surface area contributed by atoms with E-state index in [-0.39, 0.29) is 18.0 Å². The molecular formula is C21H20BrFO3. The number of halogens is 2. The normalized spacial score (nSPS) is 10.9. The molecule has 26 heavy (non-hydrogen) atoms. The van der Waals surface area contributed by atoms with E-state index in [9.17, 15) is 14.0 Å². The minimum atomic E-state index is -0.692. The van der Waals surface area contributed by atoms with Crippen LogP contribution >= 0.6 is 15.9 Å². The van der Waals surface area contributed by atoms with Gasteiger partial charge in [-0.2, -0.15) is 0 Å². The molecule has 2 rings (SSSR count). The fourth-order valence-electron chi connectivity index (χ4n) is 2.47. The molecule has 0 saturated carbocycles. The Morgan fingerprint density at radius 2 is 1.88 bits per heavy atom. The van der Waals surface area contributed by atoms with E-state index in [0.717, 1.165) is 30.0 Å². The van der Waals surface area contributed by atoms with E-state index in [0.29, 0.717) is 10.0 Å². The molecule has 0 N–H and O–H groups in total. The second-order valence-electron chi connectivity index (χ2n) is 5.73. The van der Waals surface area contributed by atoms with Gasteiger partial charge in [-0.25, -0.2) is 9.18 Å². The molecule has 0 fully saturated rings. The lowest BCUT2D eigenvalue weighted by Crippen LogP contribution is -2.14. The molecule has 2 aromatic rings. The van der Waals surface area contributed by atoms with Crippen LogP contribution < -0.4 is 0 Å². The Kier molecular flexibility index (Phi) is 7.27. The van der Waals surface area contributed by atoms with Gasteiger partial charge in [0.05, 0.1) is 0 Å². The first-order valence-electron chi connectivity index (χ1n) is 8.39. The molecule has 0 aromatic heterocycles. The smallest absolute Gasteiger partial charge is 0.331 e. The van der Waals surface area contributed by atoms with Crippen LogP contribution in [-0.4, -0.2) is 18.4 Å². The first-order valence-corrected chi connectivity index (χ1v) is 9.18. The second kappa shape index (κ2) is 9.43. The maximum absolute atomic E-state index is 13.6. The van der Waals surface area contributed by atoms with Crippen molar-refractivity contribution in [3.63, 3.8) is 0 Å². The van der Waals surface area contributed by atoms with E-state index >= 15 is 0 Å². The number of esters is 1. The number of benzene rings is 2. The van der Waals surface area contributed by atoms with Gasteiger partial charge >= 0.3 is 5.97 Å². The summed E-state index contributed by atoms with van der Waals surface area (Å²) in [6.07, 6.45) is 3.98. The topological polar surface area (TPSA) is 43.4 Å². The zero-order valence-corrected chi connectivity index (χ0v) is 16.3. The Labute approximate surface area is 161 Å². The Bertz CT molecular complexity index is 843. The predicted molar refractivity (Wildman–Crippen MR) is 104 cm³/mol. The van der Waals surface area contributed by atoms with Crippen LogP contribution in [0.1, 0.15) is 40.9 Å².